The molecule has 1 amide bonds. The second-order valence-corrected chi connectivity index (χ2v) is 5.73. The lowest BCUT2D eigenvalue weighted by Crippen LogP contribution is -2.51. The Labute approximate surface area is 110 Å². The van der Waals surface area contributed by atoms with Gasteiger partial charge in [0.05, 0.1) is 11.6 Å². The molecule has 0 heterocycles. The number of aliphatic hydroxyl groups is 1. The molecule has 0 saturated heterocycles. The van der Waals surface area contributed by atoms with Gasteiger partial charge in [0.2, 0.25) is 0 Å². The third-order valence-electron chi connectivity index (χ3n) is 2.92. The quantitative estimate of drug-likeness (QED) is 0.901. The van der Waals surface area contributed by atoms with Crippen molar-refractivity contribution in [3.05, 3.63) is 33.8 Å². The van der Waals surface area contributed by atoms with Crippen molar-refractivity contribution in [3.8, 4) is 0 Å². The van der Waals surface area contributed by atoms with E-state index in [0.29, 0.717) is 5.56 Å². The van der Waals surface area contributed by atoms with Gasteiger partial charge in [-0.3, -0.25) is 4.79 Å². The SMILES string of the molecule is Cc1ccc(Br)cc1C(=O)NC(C)(C)C(C)O. The first kappa shape index (κ1) is 14.2. The first-order valence-electron chi connectivity index (χ1n) is 5.51. The Morgan fingerprint density at radius 1 is 1.47 bits per heavy atom. The summed E-state index contributed by atoms with van der Waals surface area (Å²) < 4.78 is 0.864. The Balaban J connectivity index is 2.94. The van der Waals surface area contributed by atoms with Crippen LogP contribution in [0.15, 0.2) is 22.7 Å². The third-order valence-corrected chi connectivity index (χ3v) is 3.42. The highest BCUT2D eigenvalue weighted by atomic mass is 79.9. The maximum Gasteiger partial charge on any atom is 0.252 e. The summed E-state index contributed by atoms with van der Waals surface area (Å²) in [7, 11) is 0. The average Bonchev–Trinajstić information content (AvgIpc) is 2.20. The molecule has 1 atom stereocenters. The number of benzene rings is 1. The van der Waals surface area contributed by atoms with Gasteiger partial charge < -0.3 is 10.4 Å². The zero-order chi connectivity index (χ0) is 13.2. The molecule has 0 aromatic heterocycles. The van der Waals surface area contributed by atoms with Crippen molar-refractivity contribution in [2.45, 2.75) is 39.3 Å². The van der Waals surface area contributed by atoms with Crippen LogP contribution in [0.1, 0.15) is 36.7 Å². The summed E-state index contributed by atoms with van der Waals surface area (Å²) in [6, 6.07) is 5.56. The lowest BCUT2D eigenvalue weighted by atomic mass is 9.97. The predicted octanol–water partition coefficient (Wildman–Crippen LogP) is 2.65. The van der Waals surface area contributed by atoms with Crippen molar-refractivity contribution in [2.24, 2.45) is 0 Å². The van der Waals surface area contributed by atoms with Crippen molar-refractivity contribution in [3.63, 3.8) is 0 Å². The Bertz CT molecular complexity index is 427. The molecular formula is C13H18BrNO2. The molecule has 0 bridgehead atoms. The van der Waals surface area contributed by atoms with Gasteiger partial charge in [0.1, 0.15) is 0 Å². The molecule has 0 spiro atoms. The smallest absolute Gasteiger partial charge is 0.252 e. The van der Waals surface area contributed by atoms with Gasteiger partial charge in [-0.15, -0.1) is 0 Å². The van der Waals surface area contributed by atoms with Crippen LogP contribution < -0.4 is 5.32 Å². The van der Waals surface area contributed by atoms with Crippen LogP contribution in [-0.2, 0) is 0 Å². The molecule has 1 aromatic carbocycles. The second kappa shape index (κ2) is 5.19. The lowest BCUT2D eigenvalue weighted by molar-refractivity contribution is 0.0709. The molecule has 1 unspecified atom stereocenters. The van der Waals surface area contributed by atoms with Crippen molar-refractivity contribution in [1.29, 1.82) is 0 Å². The maximum atomic E-state index is 12.1. The number of halogens is 1. The van der Waals surface area contributed by atoms with Crippen molar-refractivity contribution >= 4 is 21.8 Å². The fourth-order valence-electron chi connectivity index (χ4n) is 1.30. The molecule has 1 aromatic rings. The van der Waals surface area contributed by atoms with E-state index in [9.17, 15) is 9.90 Å². The average molecular weight is 300 g/mol. The fraction of sp³-hybridized carbons (Fsp3) is 0.462. The van der Waals surface area contributed by atoms with Gasteiger partial charge in [0.15, 0.2) is 0 Å². The lowest BCUT2D eigenvalue weighted by Gasteiger charge is -2.29. The van der Waals surface area contributed by atoms with Crippen LogP contribution in [0.2, 0.25) is 0 Å². The van der Waals surface area contributed by atoms with Crippen LogP contribution in [0, 0.1) is 6.92 Å². The molecule has 2 N–H and O–H groups in total. The number of hydrogen-bond donors (Lipinski definition) is 2. The normalized spacial score (nSPS) is 13.3. The van der Waals surface area contributed by atoms with Gasteiger partial charge in [0.25, 0.3) is 5.91 Å². The zero-order valence-electron chi connectivity index (χ0n) is 10.5. The van der Waals surface area contributed by atoms with Crippen LogP contribution in [0.5, 0.6) is 0 Å². The highest BCUT2D eigenvalue weighted by Crippen LogP contribution is 2.17. The standard InChI is InChI=1S/C13H18BrNO2/c1-8-5-6-10(14)7-11(8)12(17)15-13(3,4)9(2)16/h5-7,9,16H,1-4H3,(H,15,17). The van der Waals surface area contributed by atoms with E-state index in [2.05, 4.69) is 21.2 Å². The van der Waals surface area contributed by atoms with E-state index >= 15 is 0 Å². The maximum absolute atomic E-state index is 12.1. The summed E-state index contributed by atoms with van der Waals surface area (Å²) in [4.78, 5) is 12.1. The molecule has 0 aliphatic carbocycles. The molecule has 0 radical (unpaired) electrons. The molecule has 0 aliphatic heterocycles. The van der Waals surface area contributed by atoms with Crippen LogP contribution in [0.3, 0.4) is 0 Å². The van der Waals surface area contributed by atoms with E-state index in [4.69, 9.17) is 0 Å². The van der Waals surface area contributed by atoms with Gasteiger partial charge in [0, 0.05) is 10.0 Å². The van der Waals surface area contributed by atoms with E-state index in [1.165, 1.54) is 0 Å². The van der Waals surface area contributed by atoms with E-state index in [1.807, 2.05) is 19.1 Å². The molecule has 94 valence electrons. The first-order valence-corrected chi connectivity index (χ1v) is 6.30. The van der Waals surface area contributed by atoms with Crippen molar-refractivity contribution in [2.75, 3.05) is 0 Å². The van der Waals surface area contributed by atoms with Gasteiger partial charge >= 0.3 is 0 Å². The van der Waals surface area contributed by atoms with Crippen LogP contribution >= 0.6 is 15.9 Å². The summed E-state index contributed by atoms with van der Waals surface area (Å²) in [6.45, 7) is 7.14. The molecular weight excluding hydrogens is 282 g/mol. The van der Waals surface area contributed by atoms with Crippen LogP contribution in [0.4, 0.5) is 0 Å². The minimum Gasteiger partial charge on any atom is -0.391 e. The number of hydrogen-bond acceptors (Lipinski definition) is 2. The van der Waals surface area contributed by atoms with Gasteiger partial charge in [-0.2, -0.15) is 0 Å². The van der Waals surface area contributed by atoms with Gasteiger partial charge in [-0.1, -0.05) is 22.0 Å². The number of aliphatic hydroxyl groups excluding tert-OH is 1. The topological polar surface area (TPSA) is 49.3 Å². The largest absolute Gasteiger partial charge is 0.391 e. The number of amides is 1. The zero-order valence-corrected chi connectivity index (χ0v) is 12.1. The fourth-order valence-corrected chi connectivity index (χ4v) is 1.66. The highest BCUT2D eigenvalue weighted by molar-refractivity contribution is 9.10. The predicted molar refractivity (Wildman–Crippen MR) is 72.1 cm³/mol. The van der Waals surface area contributed by atoms with Crippen molar-refractivity contribution < 1.29 is 9.90 Å². The molecule has 4 heteroatoms. The Morgan fingerprint density at radius 2 is 2.06 bits per heavy atom. The van der Waals surface area contributed by atoms with E-state index < -0.39 is 11.6 Å². The van der Waals surface area contributed by atoms with Crippen LogP contribution in [-0.4, -0.2) is 22.7 Å². The number of aryl methyl sites for hydroxylation is 1. The van der Waals surface area contributed by atoms with E-state index in [-0.39, 0.29) is 5.91 Å². The summed E-state index contributed by atoms with van der Waals surface area (Å²) in [6.07, 6.45) is -0.612. The minimum atomic E-state index is -0.647. The van der Waals surface area contributed by atoms with Crippen LogP contribution in [0.25, 0.3) is 0 Å². The Kier molecular flexibility index (Phi) is 4.33. The Morgan fingerprint density at radius 3 is 2.59 bits per heavy atom. The number of carbonyl (C=O) groups excluding carboxylic acids is 1. The van der Waals surface area contributed by atoms with E-state index in [1.54, 1.807) is 26.8 Å². The molecule has 3 nitrogen and oxygen atoms in total. The van der Waals surface area contributed by atoms with Crippen molar-refractivity contribution in [1.82, 2.24) is 5.32 Å². The molecule has 17 heavy (non-hydrogen) atoms. The second-order valence-electron chi connectivity index (χ2n) is 4.81. The number of rotatable bonds is 3. The Hall–Kier alpha value is -0.870. The number of carbonyl (C=O) groups is 1. The number of nitrogens with one attached hydrogen (secondary N) is 1. The van der Waals surface area contributed by atoms with E-state index in [0.717, 1.165) is 10.0 Å². The minimum absolute atomic E-state index is 0.172. The summed E-state index contributed by atoms with van der Waals surface area (Å²) in [5, 5.41) is 12.4. The first-order chi connectivity index (χ1) is 7.74. The summed E-state index contributed by atoms with van der Waals surface area (Å²) in [5.41, 5.74) is 0.881. The highest BCUT2D eigenvalue weighted by Gasteiger charge is 2.26. The summed E-state index contributed by atoms with van der Waals surface area (Å²) >= 11 is 3.34. The third kappa shape index (κ3) is 3.54. The van der Waals surface area contributed by atoms with Gasteiger partial charge in [-0.05, 0) is 45.4 Å². The summed E-state index contributed by atoms with van der Waals surface area (Å²) in [5.74, 6) is -0.172. The molecule has 0 aliphatic rings. The monoisotopic (exact) mass is 299 g/mol. The molecule has 0 fully saturated rings. The molecule has 1 rings (SSSR count). The molecule has 0 saturated carbocycles. The van der Waals surface area contributed by atoms with Gasteiger partial charge in [-0.25, -0.2) is 0 Å².